The Kier molecular flexibility index (Phi) is 5.77. The largest absolute Gasteiger partial charge is 0.480 e. The molecular weight excluding hydrogens is 292 g/mol. The number of carbonyl (C=O) groups excluding carboxylic acids is 1. The van der Waals surface area contributed by atoms with Crippen LogP contribution in [0.15, 0.2) is 18.2 Å². The summed E-state index contributed by atoms with van der Waals surface area (Å²) >= 11 is 0. The molecule has 1 aliphatic rings. The van der Waals surface area contributed by atoms with Gasteiger partial charge in [-0.25, -0.2) is 0 Å². The van der Waals surface area contributed by atoms with Crippen LogP contribution in [0.1, 0.15) is 40.7 Å². The van der Waals surface area contributed by atoms with Gasteiger partial charge in [-0.15, -0.1) is 0 Å². The van der Waals surface area contributed by atoms with E-state index >= 15 is 0 Å². The van der Waals surface area contributed by atoms with Gasteiger partial charge in [0.05, 0.1) is 6.54 Å². The van der Waals surface area contributed by atoms with Crippen molar-refractivity contribution in [1.29, 1.82) is 0 Å². The fourth-order valence-electron chi connectivity index (χ4n) is 3.22. The molecule has 0 aliphatic carbocycles. The van der Waals surface area contributed by atoms with Gasteiger partial charge in [-0.1, -0.05) is 12.1 Å². The van der Waals surface area contributed by atoms with Gasteiger partial charge in [-0.3, -0.25) is 14.5 Å². The van der Waals surface area contributed by atoms with Crippen LogP contribution in [0, 0.1) is 13.8 Å². The molecule has 0 unspecified atom stereocenters. The lowest BCUT2D eigenvalue weighted by Crippen LogP contribution is -2.37. The first-order chi connectivity index (χ1) is 10.9. The van der Waals surface area contributed by atoms with E-state index in [0.717, 1.165) is 42.5 Å². The molecule has 5 nitrogen and oxygen atoms in total. The van der Waals surface area contributed by atoms with Gasteiger partial charge in [-0.05, 0) is 57.4 Å². The molecule has 126 valence electrons. The van der Waals surface area contributed by atoms with Gasteiger partial charge in [0.2, 0.25) is 0 Å². The number of likely N-dealkylation sites (N-methyl/N-ethyl adjacent to an activating group) is 1. The third-order valence-corrected chi connectivity index (χ3v) is 4.83. The lowest BCUT2D eigenvalue weighted by Gasteiger charge is -2.26. The summed E-state index contributed by atoms with van der Waals surface area (Å²) in [6.07, 6.45) is 2.66. The van der Waals surface area contributed by atoms with Crippen molar-refractivity contribution in [3.63, 3.8) is 0 Å². The molecule has 0 bridgehead atoms. The molecule has 0 aromatic heterocycles. The summed E-state index contributed by atoms with van der Waals surface area (Å²) in [6.45, 7) is 5.48. The molecule has 1 fully saturated rings. The number of nitrogens with zero attached hydrogens (tertiary/aromatic N) is 2. The lowest BCUT2D eigenvalue weighted by molar-refractivity contribution is -0.138. The number of likely N-dealkylation sites (tertiary alicyclic amines) is 1. The van der Waals surface area contributed by atoms with Crippen LogP contribution in [0.3, 0.4) is 0 Å². The molecule has 1 atom stereocenters. The van der Waals surface area contributed by atoms with Crippen LogP contribution in [0.4, 0.5) is 0 Å². The number of carboxylic acid groups (broad SMARTS) is 1. The van der Waals surface area contributed by atoms with Crippen molar-refractivity contribution in [2.45, 2.75) is 39.2 Å². The molecule has 1 amide bonds. The molecule has 5 heteroatoms. The van der Waals surface area contributed by atoms with Crippen LogP contribution in [0.25, 0.3) is 0 Å². The summed E-state index contributed by atoms with van der Waals surface area (Å²) in [5, 5.41) is 8.92. The maximum absolute atomic E-state index is 12.8. The summed E-state index contributed by atoms with van der Waals surface area (Å²) in [5.41, 5.74) is 2.95. The molecule has 2 rings (SSSR count). The highest BCUT2D eigenvalue weighted by Gasteiger charge is 2.25. The number of carboxylic acids is 1. The molecule has 0 saturated carbocycles. The van der Waals surface area contributed by atoms with Crippen molar-refractivity contribution < 1.29 is 14.7 Å². The molecule has 1 saturated heterocycles. The quantitative estimate of drug-likeness (QED) is 0.925. The van der Waals surface area contributed by atoms with E-state index < -0.39 is 5.97 Å². The van der Waals surface area contributed by atoms with Crippen molar-refractivity contribution in [2.75, 3.05) is 26.7 Å². The van der Waals surface area contributed by atoms with Gasteiger partial charge in [0.1, 0.15) is 0 Å². The van der Waals surface area contributed by atoms with Crippen molar-refractivity contribution in [3.05, 3.63) is 34.9 Å². The zero-order chi connectivity index (χ0) is 17.0. The summed E-state index contributed by atoms with van der Waals surface area (Å²) in [5.74, 6) is -0.715. The molecule has 0 spiro atoms. The van der Waals surface area contributed by atoms with Crippen LogP contribution in [0.2, 0.25) is 0 Å². The third-order valence-electron chi connectivity index (χ3n) is 4.83. The first-order valence-corrected chi connectivity index (χ1v) is 8.17. The molecule has 23 heavy (non-hydrogen) atoms. The first-order valence-electron chi connectivity index (χ1n) is 8.17. The van der Waals surface area contributed by atoms with Gasteiger partial charge in [0.15, 0.2) is 0 Å². The predicted octanol–water partition coefficient (Wildman–Crippen LogP) is 2.31. The minimum absolute atomic E-state index is 0.0512. The normalized spacial score (nSPS) is 18.8. The number of aliphatic carboxylic acids is 1. The van der Waals surface area contributed by atoms with E-state index in [1.807, 2.05) is 48.9 Å². The summed E-state index contributed by atoms with van der Waals surface area (Å²) in [7, 11) is 1.85. The van der Waals surface area contributed by atoms with Gasteiger partial charge in [0.25, 0.3) is 5.91 Å². The topological polar surface area (TPSA) is 60.9 Å². The number of hydrogen-bond acceptors (Lipinski definition) is 3. The van der Waals surface area contributed by atoms with Crippen molar-refractivity contribution in [1.82, 2.24) is 9.80 Å². The van der Waals surface area contributed by atoms with E-state index in [-0.39, 0.29) is 18.5 Å². The van der Waals surface area contributed by atoms with Crippen molar-refractivity contribution in [3.8, 4) is 0 Å². The number of carbonyl (C=O) groups is 2. The minimum Gasteiger partial charge on any atom is -0.480 e. The predicted molar refractivity (Wildman–Crippen MR) is 89.7 cm³/mol. The van der Waals surface area contributed by atoms with E-state index in [1.165, 1.54) is 0 Å². The highest BCUT2D eigenvalue weighted by atomic mass is 16.4. The molecule has 1 aromatic carbocycles. The molecule has 0 radical (unpaired) electrons. The third kappa shape index (κ3) is 4.32. The monoisotopic (exact) mass is 318 g/mol. The highest BCUT2D eigenvalue weighted by Crippen LogP contribution is 2.20. The van der Waals surface area contributed by atoms with Gasteiger partial charge in [0, 0.05) is 24.7 Å². The molecule has 1 N–H and O–H groups in total. The van der Waals surface area contributed by atoms with Crippen LogP contribution in [-0.2, 0) is 4.79 Å². The highest BCUT2D eigenvalue weighted by molar-refractivity contribution is 5.96. The van der Waals surface area contributed by atoms with E-state index in [0.29, 0.717) is 6.54 Å². The number of aryl methyl sites for hydroxylation is 1. The van der Waals surface area contributed by atoms with Gasteiger partial charge in [-0.2, -0.15) is 0 Å². The Morgan fingerprint density at radius 2 is 2.00 bits per heavy atom. The Hall–Kier alpha value is -1.88. The van der Waals surface area contributed by atoms with Crippen LogP contribution >= 0.6 is 0 Å². The SMILES string of the molecule is Cc1cccc(C(=O)N2CCC[C@H](N(C)CC(=O)O)CC2)c1C. The molecule has 1 heterocycles. The summed E-state index contributed by atoms with van der Waals surface area (Å²) in [6, 6.07) is 6.06. The Bertz CT molecular complexity index is 586. The Morgan fingerprint density at radius 3 is 2.70 bits per heavy atom. The van der Waals surface area contributed by atoms with Crippen molar-refractivity contribution in [2.24, 2.45) is 0 Å². The second-order valence-corrected chi connectivity index (χ2v) is 6.43. The van der Waals surface area contributed by atoms with E-state index in [2.05, 4.69) is 0 Å². The summed E-state index contributed by atoms with van der Waals surface area (Å²) < 4.78 is 0. The maximum atomic E-state index is 12.8. The van der Waals surface area contributed by atoms with Crippen LogP contribution < -0.4 is 0 Å². The number of hydrogen-bond donors (Lipinski definition) is 1. The van der Waals surface area contributed by atoms with E-state index in [1.54, 1.807) is 0 Å². The standard InChI is InChI=1S/C18H26N2O3/c1-13-6-4-8-16(14(13)2)18(23)20-10-5-7-15(9-11-20)19(3)12-17(21)22/h4,6,8,15H,5,7,9-12H2,1-3H3,(H,21,22)/t15-/m0/s1. The van der Waals surface area contributed by atoms with E-state index in [4.69, 9.17) is 5.11 Å². The Labute approximate surface area is 137 Å². The average molecular weight is 318 g/mol. The summed E-state index contributed by atoms with van der Waals surface area (Å²) in [4.78, 5) is 27.5. The van der Waals surface area contributed by atoms with Gasteiger partial charge >= 0.3 is 5.97 Å². The zero-order valence-electron chi connectivity index (χ0n) is 14.2. The lowest BCUT2D eigenvalue weighted by atomic mass is 10.0. The number of benzene rings is 1. The second-order valence-electron chi connectivity index (χ2n) is 6.43. The fourth-order valence-corrected chi connectivity index (χ4v) is 3.22. The van der Waals surface area contributed by atoms with E-state index in [9.17, 15) is 9.59 Å². The first kappa shape index (κ1) is 17.5. The number of rotatable bonds is 4. The Balaban J connectivity index is 2.04. The van der Waals surface area contributed by atoms with Gasteiger partial charge < -0.3 is 10.0 Å². The Morgan fingerprint density at radius 1 is 1.26 bits per heavy atom. The molecule has 1 aromatic rings. The minimum atomic E-state index is -0.805. The smallest absolute Gasteiger partial charge is 0.317 e. The number of amides is 1. The zero-order valence-corrected chi connectivity index (χ0v) is 14.2. The molecule has 1 aliphatic heterocycles. The average Bonchev–Trinajstić information content (AvgIpc) is 2.74. The van der Waals surface area contributed by atoms with Crippen molar-refractivity contribution >= 4 is 11.9 Å². The fraction of sp³-hybridized carbons (Fsp3) is 0.556. The maximum Gasteiger partial charge on any atom is 0.317 e. The second kappa shape index (κ2) is 7.59. The van der Waals surface area contributed by atoms with Crippen LogP contribution in [-0.4, -0.2) is 59.5 Å². The van der Waals surface area contributed by atoms with Crippen LogP contribution in [0.5, 0.6) is 0 Å². The molecular formula is C18H26N2O3.